The van der Waals surface area contributed by atoms with Gasteiger partial charge >= 0.3 is 0 Å². The fraction of sp³-hybridized carbons (Fsp3) is 0.368. The summed E-state index contributed by atoms with van der Waals surface area (Å²) in [6, 6.07) is 12.1. The molecule has 4 heteroatoms. The maximum Gasteiger partial charge on any atom is 0.227 e. The number of hydrogen-bond donors (Lipinski definition) is 0. The van der Waals surface area contributed by atoms with Gasteiger partial charge in [0.1, 0.15) is 0 Å². The number of aromatic nitrogens is 1. The van der Waals surface area contributed by atoms with Gasteiger partial charge in [-0.15, -0.1) is 0 Å². The molecule has 1 amide bonds. The molecular weight excluding hydrogens is 286 g/mol. The molecule has 0 spiro atoms. The average molecular weight is 309 g/mol. The molecule has 0 N–H and O–H groups in total. The zero-order valence-electron chi connectivity index (χ0n) is 13.8. The summed E-state index contributed by atoms with van der Waals surface area (Å²) in [5.74, 6) is 0.633. The Morgan fingerprint density at radius 1 is 1.13 bits per heavy atom. The van der Waals surface area contributed by atoms with Crippen LogP contribution < -0.4 is 9.80 Å². The highest BCUT2D eigenvalue weighted by atomic mass is 16.2. The van der Waals surface area contributed by atoms with E-state index < -0.39 is 0 Å². The smallest absolute Gasteiger partial charge is 0.227 e. The zero-order chi connectivity index (χ0) is 16.2. The number of fused-ring (bicyclic) bond motifs is 1. The first kappa shape index (κ1) is 15.5. The zero-order valence-corrected chi connectivity index (χ0v) is 13.8. The fourth-order valence-corrected chi connectivity index (χ4v) is 3.22. The number of pyridine rings is 1. The number of carbonyl (C=O) groups excluding carboxylic acids is 1. The van der Waals surface area contributed by atoms with Crippen molar-refractivity contribution in [3.8, 4) is 0 Å². The van der Waals surface area contributed by atoms with E-state index in [2.05, 4.69) is 29.9 Å². The van der Waals surface area contributed by atoms with E-state index in [1.54, 1.807) is 12.4 Å². The van der Waals surface area contributed by atoms with Crippen molar-refractivity contribution >= 4 is 17.3 Å². The van der Waals surface area contributed by atoms with Gasteiger partial charge in [-0.2, -0.15) is 0 Å². The molecule has 1 aliphatic heterocycles. The Balaban J connectivity index is 1.79. The van der Waals surface area contributed by atoms with Gasteiger partial charge in [-0.3, -0.25) is 9.78 Å². The van der Waals surface area contributed by atoms with Gasteiger partial charge < -0.3 is 9.80 Å². The molecule has 1 aromatic heterocycles. The summed E-state index contributed by atoms with van der Waals surface area (Å²) >= 11 is 0. The normalized spacial score (nSPS) is 17.6. The summed E-state index contributed by atoms with van der Waals surface area (Å²) in [6.07, 6.45) is 4.83. The lowest BCUT2D eigenvalue weighted by molar-refractivity contribution is -0.118. The van der Waals surface area contributed by atoms with Crippen LogP contribution in [0.25, 0.3) is 0 Å². The Bertz CT molecular complexity index is 671. The third kappa shape index (κ3) is 3.52. The molecule has 120 valence electrons. The van der Waals surface area contributed by atoms with Crippen LogP contribution in [0.3, 0.4) is 0 Å². The van der Waals surface area contributed by atoms with E-state index in [1.807, 2.05) is 35.2 Å². The largest absolute Gasteiger partial charge is 0.373 e. The summed E-state index contributed by atoms with van der Waals surface area (Å²) < 4.78 is 0. The van der Waals surface area contributed by atoms with E-state index in [9.17, 15) is 4.79 Å². The van der Waals surface area contributed by atoms with Gasteiger partial charge in [0, 0.05) is 39.0 Å². The van der Waals surface area contributed by atoms with Crippen LogP contribution in [0.1, 0.15) is 18.9 Å². The number of anilines is 2. The molecule has 1 aliphatic rings. The van der Waals surface area contributed by atoms with Crippen LogP contribution >= 0.6 is 0 Å². The summed E-state index contributed by atoms with van der Waals surface area (Å²) in [4.78, 5) is 21.1. The quantitative estimate of drug-likeness (QED) is 0.874. The summed E-state index contributed by atoms with van der Waals surface area (Å²) in [5, 5.41) is 0. The van der Waals surface area contributed by atoms with E-state index in [4.69, 9.17) is 0 Å². The predicted octanol–water partition coefficient (Wildman–Crippen LogP) is 3.13. The number of nitrogens with zero attached hydrogens (tertiary/aromatic N) is 3. The van der Waals surface area contributed by atoms with Crippen molar-refractivity contribution in [3.63, 3.8) is 0 Å². The van der Waals surface area contributed by atoms with Crippen LogP contribution in [0, 0.1) is 5.92 Å². The first-order valence-corrected chi connectivity index (χ1v) is 8.14. The number of hydrogen-bond acceptors (Lipinski definition) is 3. The topological polar surface area (TPSA) is 36.4 Å². The minimum absolute atomic E-state index is 0.191. The van der Waals surface area contributed by atoms with Crippen LogP contribution in [-0.2, 0) is 11.2 Å². The summed E-state index contributed by atoms with van der Waals surface area (Å²) in [5.41, 5.74) is 3.31. The molecule has 0 bridgehead atoms. The number of rotatable bonds is 3. The Hall–Kier alpha value is -2.36. The molecule has 1 atom stereocenters. The fourth-order valence-electron chi connectivity index (χ4n) is 3.22. The second kappa shape index (κ2) is 6.82. The van der Waals surface area contributed by atoms with E-state index in [0.29, 0.717) is 12.3 Å². The number of amides is 1. The number of carbonyl (C=O) groups is 1. The minimum Gasteiger partial charge on any atom is -0.373 e. The molecule has 2 aromatic rings. The second-order valence-corrected chi connectivity index (χ2v) is 6.33. The number of para-hydroxylation sites is 2. The third-order valence-corrected chi connectivity index (χ3v) is 4.34. The molecule has 0 radical (unpaired) electrons. The van der Waals surface area contributed by atoms with E-state index in [0.717, 1.165) is 36.4 Å². The average Bonchev–Trinajstić information content (AvgIpc) is 2.70. The Kier molecular flexibility index (Phi) is 4.60. The Morgan fingerprint density at radius 2 is 1.83 bits per heavy atom. The molecule has 0 unspecified atom stereocenters. The SMILES string of the molecule is C[C@H]1CN(C)c2ccccc2N(C(=O)CCc2ccncc2)C1. The lowest BCUT2D eigenvalue weighted by Crippen LogP contribution is -2.35. The maximum atomic E-state index is 12.8. The minimum atomic E-state index is 0.191. The lowest BCUT2D eigenvalue weighted by Gasteiger charge is -2.24. The van der Waals surface area contributed by atoms with Crippen LogP contribution in [0.4, 0.5) is 11.4 Å². The molecule has 0 saturated heterocycles. The van der Waals surface area contributed by atoms with Gasteiger partial charge in [0.05, 0.1) is 11.4 Å². The van der Waals surface area contributed by atoms with Gasteiger partial charge in [-0.05, 0) is 42.2 Å². The number of aryl methyl sites for hydroxylation is 1. The Labute approximate surface area is 137 Å². The van der Waals surface area contributed by atoms with Gasteiger partial charge in [0.15, 0.2) is 0 Å². The first-order chi connectivity index (χ1) is 11.1. The van der Waals surface area contributed by atoms with Gasteiger partial charge in [0.25, 0.3) is 0 Å². The molecular formula is C19H23N3O. The van der Waals surface area contributed by atoms with Crippen molar-refractivity contribution in [2.45, 2.75) is 19.8 Å². The standard InChI is InChI=1S/C19H23N3O/c1-15-13-21(2)17-5-3-4-6-18(17)22(14-15)19(23)8-7-16-9-11-20-12-10-16/h3-6,9-12,15H,7-8,13-14H2,1-2H3/t15-/m0/s1. The summed E-state index contributed by atoms with van der Waals surface area (Å²) in [6.45, 7) is 3.94. The van der Waals surface area contributed by atoms with Crippen molar-refractivity contribution in [3.05, 3.63) is 54.4 Å². The highest BCUT2D eigenvalue weighted by Gasteiger charge is 2.26. The maximum absolute atomic E-state index is 12.8. The number of benzene rings is 1. The molecule has 0 aliphatic carbocycles. The van der Waals surface area contributed by atoms with E-state index in [-0.39, 0.29) is 5.91 Å². The van der Waals surface area contributed by atoms with Gasteiger partial charge in [-0.25, -0.2) is 0 Å². The predicted molar refractivity (Wildman–Crippen MR) is 93.8 cm³/mol. The Morgan fingerprint density at radius 3 is 2.57 bits per heavy atom. The van der Waals surface area contributed by atoms with Crippen LogP contribution in [0.5, 0.6) is 0 Å². The van der Waals surface area contributed by atoms with E-state index in [1.165, 1.54) is 0 Å². The van der Waals surface area contributed by atoms with Gasteiger partial charge in [0.2, 0.25) is 5.91 Å². The highest BCUT2D eigenvalue weighted by Crippen LogP contribution is 2.33. The van der Waals surface area contributed by atoms with Crippen molar-refractivity contribution in [2.75, 3.05) is 29.9 Å². The second-order valence-electron chi connectivity index (χ2n) is 6.33. The molecule has 2 heterocycles. The van der Waals surface area contributed by atoms with Crippen LogP contribution in [0.15, 0.2) is 48.8 Å². The highest BCUT2D eigenvalue weighted by molar-refractivity contribution is 5.97. The van der Waals surface area contributed by atoms with Crippen molar-refractivity contribution in [1.82, 2.24) is 4.98 Å². The molecule has 4 nitrogen and oxygen atoms in total. The van der Waals surface area contributed by atoms with Crippen molar-refractivity contribution in [1.29, 1.82) is 0 Å². The molecule has 0 fully saturated rings. The molecule has 0 saturated carbocycles. The van der Waals surface area contributed by atoms with Crippen LogP contribution in [0.2, 0.25) is 0 Å². The summed E-state index contributed by atoms with van der Waals surface area (Å²) in [7, 11) is 2.10. The first-order valence-electron chi connectivity index (χ1n) is 8.14. The van der Waals surface area contributed by atoms with Crippen molar-refractivity contribution < 1.29 is 4.79 Å². The van der Waals surface area contributed by atoms with Gasteiger partial charge in [-0.1, -0.05) is 19.1 Å². The molecule has 3 rings (SSSR count). The molecule has 23 heavy (non-hydrogen) atoms. The van der Waals surface area contributed by atoms with Crippen LogP contribution in [-0.4, -0.2) is 31.0 Å². The van der Waals surface area contributed by atoms with Crippen molar-refractivity contribution in [2.24, 2.45) is 5.92 Å². The molecule has 1 aromatic carbocycles. The monoisotopic (exact) mass is 309 g/mol. The third-order valence-electron chi connectivity index (χ3n) is 4.34. The lowest BCUT2D eigenvalue weighted by atomic mass is 10.1. The van der Waals surface area contributed by atoms with E-state index >= 15 is 0 Å².